The first-order valence-corrected chi connectivity index (χ1v) is 15.9. The van der Waals surface area contributed by atoms with Gasteiger partial charge in [0.15, 0.2) is 5.50 Å². The van der Waals surface area contributed by atoms with Gasteiger partial charge in [-0.25, -0.2) is 0 Å². The lowest BCUT2D eigenvalue weighted by Gasteiger charge is -2.25. The van der Waals surface area contributed by atoms with Crippen LogP contribution < -0.4 is 26.8 Å². The van der Waals surface area contributed by atoms with Crippen molar-refractivity contribution in [3.8, 4) is 0 Å². The average molecular weight is 660 g/mol. The van der Waals surface area contributed by atoms with E-state index in [-0.39, 0.29) is 11.4 Å². The summed E-state index contributed by atoms with van der Waals surface area (Å²) in [5.41, 5.74) is 9.54. The minimum Gasteiger partial charge on any atom is -0.361 e. The minimum atomic E-state index is -4.93. The molecule has 14 heteroatoms. The molecule has 248 valence electrons. The number of ether oxygens (including phenoxy) is 1. The molecule has 0 aromatic heterocycles. The normalized spacial score (nSPS) is 17.5. The van der Waals surface area contributed by atoms with Gasteiger partial charge in [0.2, 0.25) is 5.91 Å². The minimum absolute atomic E-state index is 0.0352. The van der Waals surface area contributed by atoms with E-state index in [1.165, 1.54) is 6.92 Å². The summed E-state index contributed by atoms with van der Waals surface area (Å²) in [7, 11) is 3.43. The number of nitrogens with zero attached hydrogens (tertiary/aromatic N) is 2. The Kier molecular flexibility index (Phi) is 12.4. The number of hydrazone groups is 1. The number of unbranched alkanes of at least 4 members (excludes halogenated alkanes) is 1. The maximum absolute atomic E-state index is 12.6. The second-order valence-corrected chi connectivity index (χ2v) is 12.2. The standard InChI is InChI=1S/C32H40F3N7O3S/c1-21(36-30(44)32(33,34)35)24-13-9-12-23(18-24)20-28(45-3)37-26-17-16-25(39-40-26)14-7-8-15-29-41-42(2)31(46-29)38-27(43)19-22-10-5-4-6-11-22/h4-6,9-13,16-18,21,28,31,37,39-40H,7-8,14-15,19-20H2,1-3H3,(H,36,44)(H,38,43). The van der Waals surface area contributed by atoms with E-state index in [2.05, 4.69) is 26.6 Å². The zero-order valence-electron chi connectivity index (χ0n) is 26.0. The molecule has 3 atom stereocenters. The van der Waals surface area contributed by atoms with Gasteiger partial charge in [0, 0.05) is 26.3 Å². The van der Waals surface area contributed by atoms with Crippen molar-refractivity contribution in [1.29, 1.82) is 0 Å². The van der Waals surface area contributed by atoms with Crippen molar-refractivity contribution >= 4 is 28.6 Å². The number of benzene rings is 2. The van der Waals surface area contributed by atoms with Crippen molar-refractivity contribution < 1.29 is 27.5 Å². The molecular formula is C32H40F3N7O3S. The van der Waals surface area contributed by atoms with Crippen molar-refractivity contribution in [2.45, 2.75) is 69.4 Å². The van der Waals surface area contributed by atoms with Gasteiger partial charge in [0.05, 0.1) is 17.5 Å². The molecule has 2 aromatic rings. The summed E-state index contributed by atoms with van der Waals surface area (Å²) in [6.07, 6.45) is 2.89. The zero-order valence-corrected chi connectivity index (χ0v) is 26.8. The number of methoxy groups -OCH3 is 1. The van der Waals surface area contributed by atoms with E-state index in [1.807, 2.05) is 60.9 Å². The molecular weight excluding hydrogens is 619 g/mol. The van der Waals surface area contributed by atoms with Crippen LogP contribution >= 0.6 is 11.8 Å². The van der Waals surface area contributed by atoms with Gasteiger partial charge in [0.25, 0.3) is 0 Å². The number of halogens is 3. The van der Waals surface area contributed by atoms with Crippen LogP contribution in [0.2, 0.25) is 0 Å². The number of allylic oxidation sites excluding steroid dienone is 3. The van der Waals surface area contributed by atoms with Crippen LogP contribution in [0.25, 0.3) is 0 Å². The molecule has 10 nitrogen and oxygen atoms in total. The third-order valence-corrected chi connectivity index (χ3v) is 8.53. The predicted molar refractivity (Wildman–Crippen MR) is 172 cm³/mol. The van der Waals surface area contributed by atoms with Crippen molar-refractivity contribution in [1.82, 2.24) is 31.8 Å². The number of amides is 2. The number of nitrogens with one attached hydrogen (secondary N) is 5. The van der Waals surface area contributed by atoms with Crippen LogP contribution in [0.4, 0.5) is 13.2 Å². The Labute approximate surface area is 271 Å². The zero-order chi connectivity index (χ0) is 33.1. The molecule has 0 aliphatic carbocycles. The van der Waals surface area contributed by atoms with E-state index >= 15 is 0 Å². The molecule has 4 rings (SSSR count). The largest absolute Gasteiger partial charge is 0.471 e. The van der Waals surface area contributed by atoms with Gasteiger partial charge in [-0.1, -0.05) is 66.4 Å². The van der Waals surface area contributed by atoms with Gasteiger partial charge in [-0.3, -0.25) is 20.0 Å². The van der Waals surface area contributed by atoms with Crippen molar-refractivity contribution in [2.24, 2.45) is 5.10 Å². The van der Waals surface area contributed by atoms with Crippen LogP contribution in [-0.2, 0) is 27.2 Å². The Morgan fingerprint density at radius 1 is 1.04 bits per heavy atom. The predicted octanol–water partition coefficient (Wildman–Crippen LogP) is 4.56. The summed E-state index contributed by atoms with van der Waals surface area (Å²) in [5, 5.41) is 15.7. The molecule has 46 heavy (non-hydrogen) atoms. The highest BCUT2D eigenvalue weighted by molar-refractivity contribution is 8.14. The van der Waals surface area contributed by atoms with Crippen LogP contribution in [0, 0.1) is 0 Å². The first-order chi connectivity index (χ1) is 22.0. The van der Waals surface area contributed by atoms with Crippen LogP contribution in [0.1, 0.15) is 55.3 Å². The highest BCUT2D eigenvalue weighted by Gasteiger charge is 2.39. The summed E-state index contributed by atoms with van der Waals surface area (Å²) in [4.78, 5) is 23.8. The number of rotatable bonds is 15. The van der Waals surface area contributed by atoms with Crippen LogP contribution in [0.5, 0.6) is 0 Å². The fraction of sp³-hybridized carbons (Fsp3) is 0.406. The van der Waals surface area contributed by atoms with Gasteiger partial charge < -0.3 is 26.1 Å². The Hall–Kier alpha value is -4.17. The molecule has 0 saturated heterocycles. The Morgan fingerprint density at radius 2 is 1.78 bits per heavy atom. The molecule has 2 heterocycles. The maximum atomic E-state index is 12.6. The molecule has 0 saturated carbocycles. The van der Waals surface area contributed by atoms with Gasteiger partial charge in [-0.15, -0.1) is 0 Å². The molecule has 0 bridgehead atoms. The van der Waals surface area contributed by atoms with E-state index in [9.17, 15) is 22.8 Å². The van der Waals surface area contributed by atoms with Crippen molar-refractivity contribution in [3.05, 3.63) is 95.0 Å². The average Bonchev–Trinajstić information content (AvgIpc) is 3.37. The van der Waals surface area contributed by atoms with E-state index in [4.69, 9.17) is 4.74 Å². The maximum Gasteiger partial charge on any atom is 0.471 e. The number of thioether (sulfide) groups is 1. The van der Waals surface area contributed by atoms with Crippen molar-refractivity contribution in [3.63, 3.8) is 0 Å². The SMILES string of the molecule is COC(Cc1cccc(C(C)NC(=O)C(F)(F)F)c1)NC1=CC=C(CCCCC2=NN(C)C(NC(=O)Cc3ccccc3)S2)NN1. The third-order valence-electron chi connectivity index (χ3n) is 7.32. The van der Waals surface area contributed by atoms with Gasteiger partial charge in [-0.2, -0.15) is 18.3 Å². The second kappa shape index (κ2) is 16.4. The number of carbonyl (C=O) groups excluding carboxylic acids is 2. The first-order valence-electron chi connectivity index (χ1n) is 15.0. The van der Waals surface area contributed by atoms with Crippen LogP contribution in [0.15, 0.2) is 83.4 Å². The van der Waals surface area contributed by atoms with Gasteiger partial charge in [0.1, 0.15) is 12.0 Å². The lowest BCUT2D eigenvalue weighted by Crippen LogP contribution is -2.43. The molecule has 3 unspecified atom stereocenters. The summed E-state index contributed by atoms with van der Waals surface area (Å²) >= 11 is 1.57. The Balaban J connectivity index is 1.17. The topological polar surface area (TPSA) is 119 Å². The van der Waals surface area contributed by atoms with Gasteiger partial charge in [-0.05, 0) is 61.4 Å². The van der Waals surface area contributed by atoms with E-state index in [0.717, 1.165) is 47.6 Å². The fourth-order valence-electron chi connectivity index (χ4n) is 4.83. The molecule has 0 fully saturated rings. The number of hydrogen-bond donors (Lipinski definition) is 5. The first kappa shape index (κ1) is 34.7. The second-order valence-electron chi connectivity index (χ2n) is 11.0. The summed E-state index contributed by atoms with van der Waals surface area (Å²) in [5.74, 6) is -1.30. The Bertz CT molecular complexity index is 1440. The smallest absolute Gasteiger partial charge is 0.361 e. The van der Waals surface area contributed by atoms with Crippen LogP contribution in [0.3, 0.4) is 0 Å². The quantitative estimate of drug-likeness (QED) is 0.140. The highest BCUT2D eigenvalue weighted by atomic mass is 32.2. The highest BCUT2D eigenvalue weighted by Crippen LogP contribution is 2.26. The molecule has 0 spiro atoms. The Morgan fingerprint density at radius 3 is 2.48 bits per heavy atom. The lowest BCUT2D eigenvalue weighted by atomic mass is 10.0. The van der Waals surface area contributed by atoms with E-state index in [1.54, 1.807) is 42.1 Å². The van der Waals surface area contributed by atoms with Crippen LogP contribution in [-0.4, -0.2) is 53.9 Å². The molecule has 5 N–H and O–H groups in total. The number of hydrogen-bond acceptors (Lipinski definition) is 9. The van der Waals surface area contributed by atoms with Crippen molar-refractivity contribution in [2.75, 3.05) is 14.2 Å². The molecule has 2 aromatic carbocycles. The number of carbonyl (C=O) groups is 2. The number of hydrazine groups is 1. The summed E-state index contributed by atoms with van der Waals surface area (Å²) < 4.78 is 43.5. The fourth-order valence-corrected chi connectivity index (χ4v) is 5.91. The lowest BCUT2D eigenvalue weighted by molar-refractivity contribution is -0.174. The number of alkyl halides is 3. The summed E-state index contributed by atoms with van der Waals surface area (Å²) in [6.45, 7) is 1.51. The third kappa shape index (κ3) is 10.7. The van der Waals surface area contributed by atoms with Gasteiger partial charge >= 0.3 is 12.1 Å². The molecule has 0 radical (unpaired) electrons. The monoisotopic (exact) mass is 659 g/mol. The molecule has 2 amide bonds. The summed E-state index contributed by atoms with van der Waals surface area (Å²) in [6, 6.07) is 15.9. The molecule has 2 aliphatic rings. The molecule has 2 aliphatic heterocycles. The van der Waals surface area contributed by atoms with E-state index in [0.29, 0.717) is 24.2 Å². The van der Waals surface area contributed by atoms with E-state index < -0.39 is 24.4 Å².